The molecular weight excluding hydrogens is 206 g/mol. The zero-order chi connectivity index (χ0) is 12.4. The average molecular weight is 231 g/mol. The summed E-state index contributed by atoms with van der Waals surface area (Å²) in [5.74, 6) is 0.0637. The maximum absolute atomic E-state index is 11.5. The van der Waals surface area contributed by atoms with Gasteiger partial charge >= 0.3 is 0 Å². The van der Waals surface area contributed by atoms with Crippen molar-refractivity contribution in [2.75, 3.05) is 39.9 Å². The van der Waals surface area contributed by atoms with Gasteiger partial charge < -0.3 is 15.8 Å². The molecule has 0 saturated carbocycles. The summed E-state index contributed by atoms with van der Waals surface area (Å²) in [5, 5.41) is 2.79. The Kier molecular flexibility index (Phi) is 9.18. The second-order valence-corrected chi connectivity index (χ2v) is 3.67. The quantitative estimate of drug-likeness (QED) is 0.577. The molecule has 0 aromatic rings. The smallest absolute Gasteiger partial charge is 0.221 e. The molecule has 0 bridgehead atoms. The lowest BCUT2D eigenvalue weighted by molar-refractivity contribution is -0.122. The lowest BCUT2D eigenvalue weighted by Crippen LogP contribution is -2.45. The van der Waals surface area contributed by atoms with Crippen molar-refractivity contribution < 1.29 is 9.53 Å². The van der Waals surface area contributed by atoms with E-state index in [-0.39, 0.29) is 11.9 Å². The van der Waals surface area contributed by atoms with E-state index in [2.05, 4.69) is 17.1 Å². The van der Waals surface area contributed by atoms with Gasteiger partial charge in [0.05, 0.1) is 6.61 Å². The summed E-state index contributed by atoms with van der Waals surface area (Å²) in [4.78, 5) is 13.7. The molecule has 1 amide bonds. The third-order valence-corrected chi connectivity index (χ3v) is 2.57. The first-order valence-electron chi connectivity index (χ1n) is 5.89. The SMILES string of the molecule is CCNC(=O)CC(CN)N(CC)CCOC. The van der Waals surface area contributed by atoms with Crippen molar-refractivity contribution in [1.82, 2.24) is 10.2 Å². The van der Waals surface area contributed by atoms with Crippen molar-refractivity contribution >= 4 is 5.91 Å². The molecule has 0 aliphatic heterocycles. The number of nitrogens with one attached hydrogen (secondary N) is 1. The van der Waals surface area contributed by atoms with E-state index in [0.717, 1.165) is 13.1 Å². The number of rotatable bonds is 9. The van der Waals surface area contributed by atoms with Crippen LogP contribution in [-0.4, -0.2) is 56.7 Å². The Hall–Kier alpha value is -0.650. The molecule has 0 spiro atoms. The highest BCUT2D eigenvalue weighted by atomic mass is 16.5. The molecule has 5 heteroatoms. The molecule has 0 saturated heterocycles. The number of hydrogen-bond acceptors (Lipinski definition) is 4. The van der Waals surface area contributed by atoms with Crippen LogP contribution < -0.4 is 11.1 Å². The lowest BCUT2D eigenvalue weighted by atomic mass is 10.1. The van der Waals surface area contributed by atoms with Crippen LogP contribution in [0.2, 0.25) is 0 Å². The first-order chi connectivity index (χ1) is 7.69. The normalized spacial score (nSPS) is 12.8. The van der Waals surface area contributed by atoms with Gasteiger partial charge in [-0.05, 0) is 13.5 Å². The van der Waals surface area contributed by atoms with Gasteiger partial charge in [0, 0.05) is 39.2 Å². The Balaban J connectivity index is 4.14. The molecule has 5 nitrogen and oxygen atoms in total. The highest BCUT2D eigenvalue weighted by molar-refractivity contribution is 5.76. The molecular formula is C11H25N3O2. The summed E-state index contributed by atoms with van der Waals surface area (Å²) in [6.07, 6.45) is 0.460. The fraction of sp³-hybridized carbons (Fsp3) is 0.909. The molecule has 3 N–H and O–H groups in total. The number of likely N-dealkylation sites (N-methyl/N-ethyl adjacent to an activating group) is 1. The maximum atomic E-state index is 11.5. The molecule has 1 atom stereocenters. The van der Waals surface area contributed by atoms with Crippen LogP contribution in [0.4, 0.5) is 0 Å². The second-order valence-electron chi connectivity index (χ2n) is 3.67. The molecule has 0 rings (SSSR count). The van der Waals surface area contributed by atoms with E-state index in [1.807, 2.05) is 6.92 Å². The zero-order valence-corrected chi connectivity index (χ0v) is 10.7. The summed E-state index contributed by atoms with van der Waals surface area (Å²) in [6, 6.07) is 0.103. The molecule has 0 aliphatic rings. The van der Waals surface area contributed by atoms with Crippen molar-refractivity contribution in [3.63, 3.8) is 0 Å². The maximum Gasteiger partial charge on any atom is 0.221 e. The van der Waals surface area contributed by atoms with E-state index in [1.165, 1.54) is 0 Å². The van der Waals surface area contributed by atoms with Crippen molar-refractivity contribution in [3.8, 4) is 0 Å². The lowest BCUT2D eigenvalue weighted by Gasteiger charge is -2.29. The van der Waals surface area contributed by atoms with Gasteiger partial charge in [-0.3, -0.25) is 9.69 Å². The van der Waals surface area contributed by atoms with Gasteiger partial charge in [-0.2, -0.15) is 0 Å². The van der Waals surface area contributed by atoms with Crippen LogP contribution >= 0.6 is 0 Å². The minimum atomic E-state index is 0.0637. The molecule has 0 heterocycles. The van der Waals surface area contributed by atoms with Gasteiger partial charge in [-0.25, -0.2) is 0 Å². The number of nitrogens with zero attached hydrogens (tertiary/aromatic N) is 1. The van der Waals surface area contributed by atoms with Crippen LogP contribution in [0, 0.1) is 0 Å². The van der Waals surface area contributed by atoms with Crippen LogP contribution in [0.1, 0.15) is 20.3 Å². The predicted molar refractivity (Wildman–Crippen MR) is 65.3 cm³/mol. The van der Waals surface area contributed by atoms with Crippen molar-refractivity contribution in [2.45, 2.75) is 26.3 Å². The molecule has 96 valence electrons. The molecule has 16 heavy (non-hydrogen) atoms. The molecule has 1 unspecified atom stereocenters. The van der Waals surface area contributed by atoms with Crippen LogP contribution in [0.25, 0.3) is 0 Å². The van der Waals surface area contributed by atoms with Gasteiger partial charge in [0.2, 0.25) is 5.91 Å². The average Bonchev–Trinajstić information content (AvgIpc) is 2.28. The Morgan fingerprint density at radius 2 is 2.19 bits per heavy atom. The minimum absolute atomic E-state index is 0.0637. The molecule has 0 radical (unpaired) electrons. The molecule has 0 fully saturated rings. The Labute approximate surface area is 98.3 Å². The fourth-order valence-corrected chi connectivity index (χ4v) is 1.65. The topological polar surface area (TPSA) is 67.6 Å². The van der Waals surface area contributed by atoms with Crippen LogP contribution in [-0.2, 0) is 9.53 Å². The van der Waals surface area contributed by atoms with E-state index in [4.69, 9.17) is 10.5 Å². The summed E-state index contributed by atoms with van der Waals surface area (Å²) < 4.78 is 5.04. The molecule has 0 aromatic heterocycles. The van der Waals surface area contributed by atoms with E-state index < -0.39 is 0 Å². The van der Waals surface area contributed by atoms with E-state index in [1.54, 1.807) is 7.11 Å². The second kappa shape index (κ2) is 9.57. The standard InChI is InChI=1S/C11H25N3O2/c1-4-13-11(15)8-10(9-12)14(5-2)6-7-16-3/h10H,4-9,12H2,1-3H3,(H,13,15). The third kappa shape index (κ3) is 6.05. The number of amides is 1. The fourth-order valence-electron chi connectivity index (χ4n) is 1.65. The largest absolute Gasteiger partial charge is 0.383 e. The number of carbonyl (C=O) groups is 1. The number of nitrogens with two attached hydrogens (primary N) is 1. The first kappa shape index (κ1) is 15.3. The van der Waals surface area contributed by atoms with Gasteiger partial charge in [-0.15, -0.1) is 0 Å². The Bertz CT molecular complexity index is 188. The Morgan fingerprint density at radius 3 is 2.62 bits per heavy atom. The number of hydrogen-bond donors (Lipinski definition) is 2. The van der Waals surface area contributed by atoms with Crippen LogP contribution in [0.15, 0.2) is 0 Å². The van der Waals surface area contributed by atoms with E-state index in [9.17, 15) is 4.79 Å². The number of ether oxygens (including phenoxy) is 1. The summed E-state index contributed by atoms with van der Waals surface area (Å²) in [7, 11) is 1.68. The van der Waals surface area contributed by atoms with Gasteiger partial charge in [0.25, 0.3) is 0 Å². The van der Waals surface area contributed by atoms with E-state index in [0.29, 0.717) is 26.1 Å². The van der Waals surface area contributed by atoms with Crippen molar-refractivity contribution in [1.29, 1.82) is 0 Å². The van der Waals surface area contributed by atoms with Gasteiger partial charge in [0.1, 0.15) is 0 Å². The minimum Gasteiger partial charge on any atom is -0.383 e. The predicted octanol–water partition coefficient (Wildman–Crippen LogP) is -0.192. The van der Waals surface area contributed by atoms with Crippen molar-refractivity contribution in [3.05, 3.63) is 0 Å². The van der Waals surface area contributed by atoms with Gasteiger partial charge in [-0.1, -0.05) is 6.92 Å². The summed E-state index contributed by atoms with van der Waals surface area (Å²) in [5.41, 5.74) is 5.70. The van der Waals surface area contributed by atoms with E-state index >= 15 is 0 Å². The van der Waals surface area contributed by atoms with Crippen LogP contribution in [0.3, 0.4) is 0 Å². The summed E-state index contributed by atoms with van der Waals surface area (Å²) in [6.45, 7) is 7.50. The zero-order valence-electron chi connectivity index (χ0n) is 10.7. The number of methoxy groups -OCH3 is 1. The van der Waals surface area contributed by atoms with Gasteiger partial charge in [0.15, 0.2) is 0 Å². The third-order valence-electron chi connectivity index (χ3n) is 2.57. The highest BCUT2D eigenvalue weighted by Crippen LogP contribution is 2.03. The highest BCUT2D eigenvalue weighted by Gasteiger charge is 2.18. The summed E-state index contributed by atoms with van der Waals surface area (Å²) >= 11 is 0. The van der Waals surface area contributed by atoms with Crippen molar-refractivity contribution in [2.24, 2.45) is 5.73 Å². The van der Waals surface area contributed by atoms with Crippen LogP contribution in [0.5, 0.6) is 0 Å². The Morgan fingerprint density at radius 1 is 1.50 bits per heavy atom. The first-order valence-corrected chi connectivity index (χ1v) is 5.89. The molecule has 0 aromatic carbocycles. The monoisotopic (exact) mass is 231 g/mol. The molecule has 0 aliphatic carbocycles. The number of carbonyl (C=O) groups excluding carboxylic acids is 1.